The Morgan fingerprint density at radius 1 is 1.19 bits per heavy atom. The van der Waals surface area contributed by atoms with Crippen LogP contribution in [0.1, 0.15) is 47.7 Å². The van der Waals surface area contributed by atoms with Gasteiger partial charge in [0.2, 0.25) is 0 Å². The van der Waals surface area contributed by atoms with Crippen molar-refractivity contribution in [2.45, 2.75) is 38.6 Å². The first-order valence-corrected chi connectivity index (χ1v) is 9.88. The average molecular weight is 427 g/mol. The maximum atomic E-state index is 13.4. The molecule has 1 aliphatic rings. The molecule has 0 unspecified atom stereocenters. The van der Waals surface area contributed by atoms with Crippen LogP contribution in [0.3, 0.4) is 0 Å². The van der Waals surface area contributed by atoms with Gasteiger partial charge in [0.1, 0.15) is 11.4 Å². The third-order valence-corrected chi connectivity index (χ3v) is 5.45. The number of ketones is 1. The number of unbranched alkanes of at least 4 members (excludes halogenated alkanes) is 1. The van der Waals surface area contributed by atoms with Crippen LogP contribution < -0.4 is 5.32 Å². The van der Waals surface area contributed by atoms with Crippen molar-refractivity contribution in [2.75, 3.05) is 6.54 Å². The molecule has 1 N–H and O–H groups in total. The number of benzene rings is 2. The van der Waals surface area contributed by atoms with E-state index in [-0.39, 0.29) is 11.3 Å². The van der Waals surface area contributed by atoms with Gasteiger partial charge in [0, 0.05) is 17.2 Å². The monoisotopic (exact) mass is 427 g/mol. The van der Waals surface area contributed by atoms with Crippen LogP contribution >= 0.6 is 0 Å². The van der Waals surface area contributed by atoms with E-state index in [4.69, 9.17) is 0 Å². The predicted molar refractivity (Wildman–Crippen MR) is 110 cm³/mol. The number of hydrogen-bond donors (Lipinski definition) is 1. The summed E-state index contributed by atoms with van der Waals surface area (Å²) in [7, 11) is 0. The lowest BCUT2D eigenvalue weighted by Crippen LogP contribution is -2.44. The van der Waals surface area contributed by atoms with Gasteiger partial charge in [-0.3, -0.25) is 24.6 Å². The van der Waals surface area contributed by atoms with Gasteiger partial charge in [0.25, 0.3) is 11.6 Å². The Kier molecular flexibility index (Phi) is 6.14. The van der Waals surface area contributed by atoms with Crippen molar-refractivity contribution in [1.29, 1.82) is 0 Å². The zero-order valence-corrected chi connectivity index (χ0v) is 17.2. The number of aryl methyl sites for hydroxylation is 1. The summed E-state index contributed by atoms with van der Waals surface area (Å²) in [6.45, 7) is 2.93. The average Bonchev–Trinajstić information content (AvgIpc) is 2.97. The van der Waals surface area contributed by atoms with Crippen molar-refractivity contribution >= 4 is 23.4 Å². The van der Waals surface area contributed by atoms with Gasteiger partial charge in [-0.25, -0.2) is 9.18 Å². The standard InChI is InChI=1S/C22H22FN3O5/c1-3-4-11-22(16-7-9-17(23)10-8-16)20(28)25(21(29)24-22)13-19(27)15-6-5-14(2)18(12-15)26(30)31/h5-10,12H,3-4,11,13H2,1-2H3,(H,24,29)/t22-/m0/s1. The molecule has 8 nitrogen and oxygen atoms in total. The van der Waals surface area contributed by atoms with Crippen molar-refractivity contribution in [3.63, 3.8) is 0 Å². The first kappa shape index (κ1) is 22.1. The molecule has 1 saturated heterocycles. The molecule has 0 bridgehead atoms. The van der Waals surface area contributed by atoms with Crippen molar-refractivity contribution in [2.24, 2.45) is 0 Å². The molecule has 3 amide bonds. The second-order valence-corrected chi connectivity index (χ2v) is 7.52. The molecule has 3 rings (SSSR count). The van der Waals surface area contributed by atoms with Gasteiger partial charge >= 0.3 is 6.03 Å². The van der Waals surface area contributed by atoms with Crippen molar-refractivity contribution in [1.82, 2.24) is 10.2 Å². The van der Waals surface area contributed by atoms with Crippen LogP contribution in [0.2, 0.25) is 0 Å². The molecule has 1 heterocycles. The third kappa shape index (κ3) is 4.16. The van der Waals surface area contributed by atoms with Gasteiger partial charge in [-0.2, -0.15) is 0 Å². The van der Waals surface area contributed by atoms with Gasteiger partial charge in [-0.05, 0) is 31.0 Å². The number of nitro benzene ring substituents is 1. The second kappa shape index (κ2) is 8.63. The van der Waals surface area contributed by atoms with E-state index >= 15 is 0 Å². The summed E-state index contributed by atoms with van der Waals surface area (Å²) >= 11 is 0. The minimum absolute atomic E-state index is 0.0331. The van der Waals surface area contributed by atoms with Gasteiger partial charge in [0.15, 0.2) is 5.78 Å². The Bertz CT molecular complexity index is 1050. The molecule has 31 heavy (non-hydrogen) atoms. The molecule has 0 radical (unpaired) electrons. The lowest BCUT2D eigenvalue weighted by Gasteiger charge is -2.27. The molecular weight excluding hydrogens is 405 g/mol. The molecule has 0 spiro atoms. The Hall–Kier alpha value is -3.62. The Balaban J connectivity index is 1.90. The smallest absolute Gasteiger partial charge is 0.319 e. The maximum Gasteiger partial charge on any atom is 0.325 e. The van der Waals surface area contributed by atoms with E-state index in [1.807, 2.05) is 6.92 Å². The molecule has 0 aromatic heterocycles. The number of nitro groups is 1. The Morgan fingerprint density at radius 2 is 1.87 bits per heavy atom. The molecule has 2 aromatic rings. The highest BCUT2D eigenvalue weighted by Crippen LogP contribution is 2.34. The number of amides is 3. The summed E-state index contributed by atoms with van der Waals surface area (Å²) in [4.78, 5) is 50.1. The zero-order valence-electron chi connectivity index (χ0n) is 17.2. The summed E-state index contributed by atoms with van der Waals surface area (Å²) in [5.41, 5.74) is -0.745. The van der Waals surface area contributed by atoms with Crippen LogP contribution in [0.25, 0.3) is 0 Å². The van der Waals surface area contributed by atoms with Crippen LogP contribution in [0.15, 0.2) is 42.5 Å². The van der Waals surface area contributed by atoms with E-state index in [0.29, 0.717) is 24.0 Å². The SMILES string of the molecule is CCCC[C@@]1(c2ccc(F)cc2)NC(=O)N(CC(=O)c2ccc(C)c([N+](=O)[O-])c2)C1=O. The van der Waals surface area contributed by atoms with Gasteiger partial charge in [0.05, 0.1) is 11.5 Å². The first-order valence-electron chi connectivity index (χ1n) is 9.88. The topological polar surface area (TPSA) is 110 Å². The minimum atomic E-state index is -1.39. The van der Waals surface area contributed by atoms with Gasteiger partial charge in [-0.15, -0.1) is 0 Å². The van der Waals surface area contributed by atoms with E-state index in [1.54, 1.807) is 6.92 Å². The number of imide groups is 1. The number of nitrogens with one attached hydrogen (secondary N) is 1. The van der Waals surface area contributed by atoms with E-state index in [9.17, 15) is 28.9 Å². The van der Waals surface area contributed by atoms with Crippen LogP contribution in [0.5, 0.6) is 0 Å². The Morgan fingerprint density at radius 3 is 2.48 bits per heavy atom. The fourth-order valence-corrected chi connectivity index (χ4v) is 3.67. The van der Waals surface area contributed by atoms with Crippen LogP contribution in [-0.2, 0) is 10.3 Å². The number of rotatable bonds is 8. The molecule has 1 fully saturated rings. The maximum absolute atomic E-state index is 13.4. The second-order valence-electron chi connectivity index (χ2n) is 7.52. The quantitative estimate of drug-likeness (QED) is 0.298. The number of Topliss-reactive ketones (excluding diaryl/α,β-unsaturated/α-hetero) is 1. The molecule has 9 heteroatoms. The number of carbonyl (C=O) groups excluding carboxylic acids is 3. The number of halogens is 1. The van der Waals surface area contributed by atoms with E-state index in [2.05, 4.69) is 5.32 Å². The van der Waals surface area contributed by atoms with Crippen molar-refractivity contribution < 1.29 is 23.7 Å². The highest BCUT2D eigenvalue weighted by molar-refractivity contribution is 6.11. The first-order chi connectivity index (χ1) is 14.7. The molecule has 1 aliphatic heterocycles. The fourth-order valence-electron chi connectivity index (χ4n) is 3.67. The number of carbonyl (C=O) groups is 3. The van der Waals surface area contributed by atoms with E-state index < -0.39 is 40.5 Å². The van der Waals surface area contributed by atoms with Crippen molar-refractivity contribution in [3.05, 3.63) is 75.1 Å². The van der Waals surface area contributed by atoms with Crippen LogP contribution in [-0.4, -0.2) is 34.1 Å². The van der Waals surface area contributed by atoms with Crippen molar-refractivity contribution in [3.8, 4) is 0 Å². The molecule has 2 aromatic carbocycles. The lowest BCUT2D eigenvalue weighted by atomic mass is 9.84. The highest BCUT2D eigenvalue weighted by atomic mass is 19.1. The largest absolute Gasteiger partial charge is 0.325 e. The summed E-state index contributed by atoms with van der Waals surface area (Å²) < 4.78 is 13.4. The molecular formula is C22H22FN3O5. The zero-order chi connectivity index (χ0) is 22.8. The highest BCUT2D eigenvalue weighted by Gasteiger charge is 2.52. The normalized spacial score (nSPS) is 18.2. The van der Waals surface area contributed by atoms with Gasteiger partial charge < -0.3 is 5.32 Å². The predicted octanol–water partition coefficient (Wildman–Crippen LogP) is 3.86. The number of nitrogens with zero attached hydrogens (tertiary/aromatic N) is 2. The van der Waals surface area contributed by atoms with Crippen LogP contribution in [0, 0.1) is 22.9 Å². The van der Waals surface area contributed by atoms with Crippen LogP contribution in [0.4, 0.5) is 14.9 Å². The number of hydrogen-bond acceptors (Lipinski definition) is 5. The van der Waals surface area contributed by atoms with Gasteiger partial charge in [-0.1, -0.05) is 44.0 Å². The third-order valence-electron chi connectivity index (χ3n) is 5.45. The number of urea groups is 1. The summed E-state index contributed by atoms with van der Waals surface area (Å²) in [5.74, 6) is -1.68. The Labute approximate surface area is 178 Å². The molecule has 0 saturated carbocycles. The molecule has 1 atom stereocenters. The minimum Gasteiger partial charge on any atom is -0.319 e. The lowest BCUT2D eigenvalue weighted by molar-refractivity contribution is -0.385. The van der Waals surface area contributed by atoms with E-state index in [1.165, 1.54) is 36.4 Å². The summed E-state index contributed by atoms with van der Waals surface area (Å²) in [6.07, 6.45) is 1.67. The molecule has 0 aliphatic carbocycles. The van der Waals surface area contributed by atoms with E-state index in [0.717, 1.165) is 17.4 Å². The molecule has 162 valence electrons. The summed E-state index contributed by atoms with van der Waals surface area (Å²) in [5, 5.41) is 13.8. The fraction of sp³-hybridized carbons (Fsp3) is 0.318. The summed E-state index contributed by atoms with van der Waals surface area (Å²) in [6, 6.07) is 8.58.